The van der Waals surface area contributed by atoms with Crippen molar-refractivity contribution in [1.29, 1.82) is 0 Å². The summed E-state index contributed by atoms with van der Waals surface area (Å²) >= 11 is 0. The summed E-state index contributed by atoms with van der Waals surface area (Å²) in [6.07, 6.45) is 16.6. The van der Waals surface area contributed by atoms with E-state index in [2.05, 4.69) is 6.92 Å². The van der Waals surface area contributed by atoms with Gasteiger partial charge in [-0.05, 0) is 12.8 Å². The lowest BCUT2D eigenvalue weighted by molar-refractivity contribution is -0.00000720. The first kappa shape index (κ1) is 24.8. The number of hydrogen-bond donors (Lipinski definition) is 3. The lowest BCUT2D eigenvalue weighted by Crippen LogP contribution is -3.00. The maximum atomic E-state index is 9.28. The Bertz CT molecular complexity index is 206. The molecule has 3 nitrogen and oxygen atoms in total. The first-order valence-electron chi connectivity index (χ1n) is 8.92. The molecule has 0 saturated carbocycles. The first-order valence-corrected chi connectivity index (χ1v) is 11.5. The van der Waals surface area contributed by atoms with Crippen LogP contribution in [0.2, 0.25) is 0 Å². The van der Waals surface area contributed by atoms with Crippen molar-refractivity contribution in [2.75, 3.05) is 25.2 Å². The van der Waals surface area contributed by atoms with Crippen LogP contribution in [0.25, 0.3) is 0 Å². The highest BCUT2D eigenvalue weighted by atomic mass is 35.5. The highest BCUT2D eigenvalue weighted by Gasteiger charge is 2.34. The van der Waals surface area contributed by atoms with Gasteiger partial charge in [0.25, 0.3) is 0 Å². The maximum absolute atomic E-state index is 9.28. The van der Waals surface area contributed by atoms with E-state index in [9.17, 15) is 15.3 Å². The number of rotatable bonds is 16. The van der Waals surface area contributed by atoms with Gasteiger partial charge in [0.2, 0.25) is 0 Å². The fraction of sp³-hybridized carbons (Fsp3) is 1.00. The van der Waals surface area contributed by atoms with Crippen LogP contribution in [0.5, 0.6) is 0 Å². The van der Waals surface area contributed by atoms with E-state index in [1.165, 1.54) is 64.2 Å². The Morgan fingerprint density at radius 3 is 1.18 bits per heavy atom. The fourth-order valence-corrected chi connectivity index (χ4v) is 4.22. The van der Waals surface area contributed by atoms with Crippen molar-refractivity contribution in [2.24, 2.45) is 0 Å². The monoisotopic (exact) mass is 356 g/mol. The van der Waals surface area contributed by atoms with Crippen molar-refractivity contribution in [1.82, 2.24) is 0 Å². The third-order valence-corrected chi connectivity index (χ3v) is 7.45. The molecule has 0 aliphatic carbocycles. The van der Waals surface area contributed by atoms with Gasteiger partial charge >= 0.3 is 0 Å². The molecule has 0 aromatic rings. The predicted octanol–water partition coefficient (Wildman–Crippen LogP) is 1.56. The second-order valence-corrected chi connectivity index (χ2v) is 10.4. The molecule has 0 spiro atoms. The number of aliphatic hydroxyl groups excluding tert-OH is 3. The molecule has 0 aromatic heterocycles. The molecule has 0 fully saturated rings. The molecule has 0 aliphatic heterocycles. The van der Waals surface area contributed by atoms with Gasteiger partial charge in [0.05, 0.1) is 13.4 Å². The summed E-state index contributed by atoms with van der Waals surface area (Å²) in [5, 5.41) is 27.8. The molecule has 22 heavy (non-hydrogen) atoms. The van der Waals surface area contributed by atoms with Crippen LogP contribution in [0.1, 0.15) is 84.0 Å². The van der Waals surface area contributed by atoms with Crippen molar-refractivity contribution in [3.63, 3.8) is 0 Å². The van der Waals surface area contributed by atoms with Crippen LogP contribution in [0.15, 0.2) is 0 Å². The van der Waals surface area contributed by atoms with E-state index in [1.807, 2.05) is 0 Å². The normalized spacial score (nSPS) is 11.5. The van der Waals surface area contributed by atoms with Gasteiger partial charge in [-0.3, -0.25) is 0 Å². The van der Waals surface area contributed by atoms with E-state index >= 15 is 0 Å². The molecule has 3 N–H and O–H groups in total. The Balaban J connectivity index is 0. The molecule has 0 saturated heterocycles. The zero-order valence-electron chi connectivity index (χ0n) is 14.5. The topological polar surface area (TPSA) is 60.7 Å². The summed E-state index contributed by atoms with van der Waals surface area (Å²) in [4.78, 5) is 0. The molecule has 136 valence electrons. The maximum Gasteiger partial charge on any atom is 0.158 e. The van der Waals surface area contributed by atoms with Gasteiger partial charge in [-0.1, -0.05) is 71.1 Å². The average Bonchev–Trinajstić information content (AvgIpc) is 2.53. The van der Waals surface area contributed by atoms with Crippen molar-refractivity contribution in [3.8, 4) is 0 Å². The van der Waals surface area contributed by atoms with E-state index in [1.54, 1.807) is 0 Å². The minimum atomic E-state index is -1.85. The molecule has 0 radical (unpaired) electrons. The molecule has 0 atom stereocenters. The zero-order chi connectivity index (χ0) is 15.8. The van der Waals surface area contributed by atoms with Crippen molar-refractivity contribution in [2.45, 2.75) is 84.0 Å². The van der Waals surface area contributed by atoms with Crippen LogP contribution in [0.3, 0.4) is 0 Å². The number of aliphatic hydroxyl groups is 3. The highest BCUT2D eigenvalue weighted by Crippen LogP contribution is 2.56. The first-order chi connectivity index (χ1) is 10.2. The van der Waals surface area contributed by atoms with Crippen molar-refractivity contribution >= 4 is 7.26 Å². The minimum absolute atomic E-state index is 0. The minimum Gasteiger partial charge on any atom is -1.00 e. The van der Waals surface area contributed by atoms with Gasteiger partial charge in [-0.15, -0.1) is 0 Å². The van der Waals surface area contributed by atoms with Crippen LogP contribution in [0, 0.1) is 0 Å². The lowest BCUT2D eigenvalue weighted by atomic mass is 10.1. The lowest BCUT2D eigenvalue weighted by Gasteiger charge is -2.19. The summed E-state index contributed by atoms with van der Waals surface area (Å²) in [7, 11) is -1.85. The molecule has 0 bridgehead atoms. The van der Waals surface area contributed by atoms with Gasteiger partial charge in [0.1, 0.15) is 0 Å². The van der Waals surface area contributed by atoms with Crippen LogP contribution >= 0.6 is 7.26 Å². The number of unbranched alkanes of at least 4 members (excludes halogenated alkanes) is 11. The summed E-state index contributed by atoms with van der Waals surface area (Å²) in [5.41, 5.74) is 0. The molecular formula is C17H38ClO3P. The summed E-state index contributed by atoms with van der Waals surface area (Å²) in [6, 6.07) is 0. The largest absolute Gasteiger partial charge is 1.00 e. The average molecular weight is 357 g/mol. The molecule has 0 aliphatic rings. The van der Waals surface area contributed by atoms with E-state index in [0.29, 0.717) is 0 Å². The smallest absolute Gasteiger partial charge is 0.158 e. The Hall–Kier alpha value is 0.600. The quantitative estimate of drug-likeness (QED) is 0.290. The summed E-state index contributed by atoms with van der Waals surface area (Å²) in [5.74, 6) is 0. The fourth-order valence-electron chi connectivity index (χ4n) is 2.63. The van der Waals surface area contributed by atoms with Crippen LogP contribution in [-0.2, 0) is 0 Å². The van der Waals surface area contributed by atoms with E-state index in [-0.39, 0.29) is 31.5 Å². The molecule has 0 heterocycles. The second-order valence-electron chi connectivity index (χ2n) is 6.38. The highest BCUT2D eigenvalue weighted by molar-refractivity contribution is 7.75. The molecule has 0 amide bonds. The van der Waals surface area contributed by atoms with E-state index in [0.717, 1.165) is 19.0 Å². The number of halogens is 1. The third kappa shape index (κ3) is 13.1. The van der Waals surface area contributed by atoms with Crippen LogP contribution < -0.4 is 12.4 Å². The van der Waals surface area contributed by atoms with Crippen molar-refractivity contribution in [3.05, 3.63) is 0 Å². The van der Waals surface area contributed by atoms with Crippen LogP contribution in [0.4, 0.5) is 0 Å². The van der Waals surface area contributed by atoms with Gasteiger partial charge in [0.15, 0.2) is 19.0 Å². The Morgan fingerprint density at radius 2 is 0.864 bits per heavy atom. The second kappa shape index (κ2) is 17.9. The number of hydrogen-bond acceptors (Lipinski definition) is 3. The van der Waals surface area contributed by atoms with Gasteiger partial charge in [0, 0.05) is 0 Å². The third-order valence-electron chi connectivity index (χ3n) is 4.39. The van der Waals surface area contributed by atoms with E-state index < -0.39 is 7.26 Å². The Kier molecular flexibility index (Phi) is 20.3. The van der Waals surface area contributed by atoms with Gasteiger partial charge < -0.3 is 27.7 Å². The standard InChI is InChI=1S/C17H38O3P.ClH/c1-2-3-4-5-6-7-8-9-10-11-12-13-14-21(15-18,16-19)17-20;/h18-20H,2-17H2,1H3;1H/q+1;/p-1. The van der Waals surface area contributed by atoms with Gasteiger partial charge in [-0.25, -0.2) is 0 Å². The molecule has 5 heteroatoms. The molecular weight excluding hydrogens is 319 g/mol. The predicted molar refractivity (Wildman–Crippen MR) is 94.1 cm³/mol. The Morgan fingerprint density at radius 1 is 0.545 bits per heavy atom. The van der Waals surface area contributed by atoms with Gasteiger partial charge in [-0.2, -0.15) is 0 Å². The molecule has 0 unspecified atom stereocenters. The van der Waals surface area contributed by atoms with E-state index in [4.69, 9.17) is 0 Å². The summed E-state index contributed by atoms with van der Waals surface area (Å²) < 4.78 is 0. The zero-order valence-corrected chi connectivity index (χ0v) is 16.1. The summed E-state index contributed by atoms with van der Waals surface area (Å²) in [6.45, 7) is 2.26. The Labute approximate surface area is 144 Å². The van der Waals surface area contributed by atoms with Crippen LogP contribution in [-0.4, -0.2) is 40.5 Å². The molecule has 0 rings (SSSR count). The molecule has 0 aromatic carbocycles. The SMILES string of the molecule is CCCCCCCCCCCCCC[P+](CO)(CO)CO.[Cl-]. The van der Waals surface area contributed by atoms with Crippen molar-refractivity contribution < 1.29 is 27.7 Å².